The lowest BCUT2D eigenvalue weighted by Crippen LogP contribution is -2.28. The Balaban J connectivity index is 1.80. The molecule has 0 fully saturated rings. The molecule has 1 heterocycles. The minimum absolute atomic E-state index is 0.367. The standard InChI is InChI=1S/C15H23NO/c1-15(2,3)11-16-8-6-12-4-5-14-13(10-12)7-9-17-14/h4-5,10,16H,6-9,11H2,1-3H3. The van der Waals surface area contributed by atoms with Crippen LogP contribution in [0.5, 0.6) is 5.75 Å². The minimum Gasteiger partial charge on any atom is -0.493 e. The van der Waals surface area contributed by atoms with Gasteiger partial charge in [-0.1, -0.05) is 32.9 Å². The SMILES string of the molecule is CC(C)(C)CNCCc1ccc2c(c1)CCO2. The molecule has 0 unspecified atom stereocenters. The fourth-order valence-corrected chi connectivity index (χ4v) is 2.09. The van der Waals surface area contributed by atoms with Gasteiger partial charge in [-0.2, -0.15) is 0 Å². The number of rotatable bonds is 4. The predicted molar refractivity (Wildman–Crippen MR) is 71.7 cm³/mol. The first-order valence-corrected chi connectivity index (χ1v) is 6.50. The van der Waals surface area contributed by atoms with Gasteiger partial charge in [0.15, 0.2) is 0 Å². The zero-order valence-electron chi connectivity index (χ0n) is 11.2. The largest absolute Gasteiger partial charge is 0.493 e. The molecule has 1 aliphatic rings. The summed E-state index contributed by atoms with van der Waals surface area (Å²) in [5, 5.41) is 3.51. The van der Waals surface area contributed by atoms with E-state index in [1.54, 1.807) is 0 Å². The molecule has 1 aliphatic heterocycles. The van der Waals surface area contributed by atoms with Gasteiger partial charge in [0, 0.05) is 13.0 Å². The van der Waals surface area contributed by atoms with E-state index in [9.17, 15) is 0 Å². The topological polar surface area (TPSA) is 21.3 Å². The second-order valence-electron chi connectivity index (χ2n) is 6.03. The fraction of sp³-hybridized carbons (Fsp3) is 0.600. The average Bonchev–Trinajstić information content (AvgIpc) is 2.70. The van der Waals surface area contributed by atoms with Crippen LogP contribution >= 0.6 is 0 Å². The van der Waals surface area contributed by atoms with Crippen molar-refractivity contribution in [3.8, 4) is 5.75 Å². The van der Waals surface area contributed by atoms with Crippen LogP contribution < -0.4 is 10.1 Å². The minimum atomic E-state index is 0.367. The molecule has 2 nitrogen and oxygen atoms in total. The molecular weight excluding hydrogens is 210 g/mol. The Morgan fingerprint density at radius 1 is 1.29 bits per heavy atom. The van der Waals surface area contributed by atoms with Crippen molar-refractivity contribution in [2.45, 2.75) is 33.6 Å². The van der Waals surface area contributed by atoms with Crippen molar-refractivity contribution in [1.29, 1.82) is 0 Å². The number of hydrogen-bond acceptors (Lipinski definition) is 2. The van der Waals surface area contributed by atoms with Crippen LogP contribution in [0.3, 0.4) is 0 Å². The zero-order chi connectivity index (χ0) is 12.3. The van der Waals surface area contributed by atoms with Crippen molar-refractivity contribution >= 4 is 0 Å². The highest BCUT2D eigenvalue weighted by atomic mass is 16.5. The van der Waals surface area contributed by atoms with Crippen molar-refractivity contribution in [2.75, 3.05) is 19.7 Å². The van der Waals surface area contributed by atoms with E-state index in [0.717, 1.165) is 38.3 Å². The van der Waals surface area contributed by atoms with Crippen LogP contribution in [0.15, 0.2) is 18.2 Å². The summed E-state index contributed by atoms with van der Waals surface area (Å²) in [6, 6.07) is 6.59. The van der Waals surface area contributed by atoms with Crippen molar-refractivity contribution in [3.05, 3.63) is 29.3 Å². The lowest BCUT2D eigenvalue weighted by Gasteiger charge is -2.18. The van der Waals surface area contributed by atoms with E-state index in [0.29, 0.717) is 5.41 Å². The lowest BCUT2D eigenvalue weighted by atomic mass is 9.97. The van der Waals surface area contributed by atoms with E-state index in [-0.39, 0.29) is 0 Å². The zero-order valence-corrected chi connectivity index (χ0v) is 11.2. The quantitative estimate of drug-likeness (QED) is 0.807. The lowest BCUT2D eigenvalue weighted by molar-refractivity contribution is 0.357. The summed E-state index contributed by atoms with van der Waals surface area (Å²) in [5.74, 6) is 1.08. The summed E-state index contributed by atoms with van der Waals surface area (Å²) in [4.78, 5) is 0. The Morgan fingerprint density at radius 3 is 2.88 bits per heavy atom. The van der Waals surface area contributed by atoms with Gasteiger partial charge in [0.25, 0.3) is 0 Å². The molecule has 0 spiro atoms. The first-order valence-electron chi connectivity index (χ1n) is 6.50. The number of benzene rings is 1. The van der Waals surface area contributed by atoms with Crippen LogP contribution in [0.2, 0.25) is 0 Å². The van der Waals surface area contributed by atoms with Crippen molar-refractivity contribution in [2.24, 2.45) is 5.41 Å². The molecule has 0 amide bonds. The molecule has 0 aliphatic carbocycles. The molecule has 0 radical (unpaired) electrons. The van der Waals surface area contributed by atoms with Gasteiger partial charge in [-0.25, -0.2) is 0 Å². The molecule has 17 heavy (non-hydrogen) atoms. The third-order valence-electron chi connectivity index (χ3n) is 3.00. The Labute approximate surface area is 104 Å². The Hall–Kier alpha value is -1.02. The van der Waals surface area contributed by atoms with Gasteiger partial charge in [-0.15, -0.1) is 0 Å². The first kappa shape index (κ1) is 12.4. The molecule has 94 valence electrons. The van der Waals surface area contributed by atoms with Crippen LogP contribution in [0, 0.1) is 5.41 Å². The van der Waals surface area contributed by atoms with Crippen LogP contribution in [0.4, 0.5) is 0 Å². The monoisotopic (exact) mass is 233 g/mol. The third kappa shape index (κ3) is 3.74. The van der Waals surface area contributed by atoms with E-state index in [1.165, 1.54) is 11.1 Å². The highest BCUT2D eigenvalue weighted by Crippen LogP contribution is 2.25. The number of ether oxygens (including phenoxy) is 1. The maximum absolute atomic E-state index is 5.51. The fourth-order valence-electron chi connectivity index (χ4n) is 2.09. The molecule has 2 heteroatoms. The van der Waals surface area contributed by atoms with Crippen molar-refractivity contribution in [1.82, 2.24) is 5.32 Å². The maximum atomic E-state index is 5.51. The van der Waals surface area contributed by atoms with E-state index in [1.807, 2.05) is 0 Å². The first-order chi connectivity index (χ1) is 8.04. The predicted octanol–water partition coefficient (Wildman–Crippen LogP) is 2.80. The molecule has 1 N–H and O–H groups in total. The Bertz CT molecular complexity index is 379. The number of fused-ring (bicyclic) bond motifs is 1. The maximum Gasteiger partial charge on any atom is 0.122 e. The Morgan fingerprint density at radius 2 is 2.12 bits per heavy atom. The van der Waals surface area contributed by atoms with Gasteiger partial charge < -0.3 is 10.1 Å². The molecule has 0 saturated heterocycles. The summed E-state index contributed by atoms with van der Waals surface area (Å²) in [7, 11) is 0. The summed E-state index contributed by atoms with van der Waals surface area (Å²) in [5.41, 5.74) is 3.15. The van der Waals surface area contributed by atoms with Crippen LogP contribution in [0.1, 0.15) is 31.9 Å². The van der Waals surface area contributed by atoms with Gasteiger partial charge >= 0.3 is 0 Å². The number of nitrogens with one attached hydrogen (secondary N) is 1. The molecule has 0 aromatic heterocycles. The molecule has 0 bridgehead atoms. The normalized spacial score (nSPS) is 14.5. The summed E-state index contributed by atoms with van der Waals surface area (Å²) in [6.07, 6.45) is 2.17. The van der Waals surface area contributed by atoms with E-state index < -0.39 is 0 Å². The van der Waals surface area contributed by atoms with Gasteiger partial charge in [-0.3, -0.25) is 0 Å². The highest BCUT2D eigenvalue weighted by molar-refractivity contribution is 5.39. The molecule has 0 saturated carbocycles. The second-order valence-corrected chi connectivity index (χ2v) is 6.03. The van der Waals surface area contributed by atoms with E-state index >= 15 is 0 Å². The van der Waals surface area contributed by atoms with Crippen LogP contribution in [-0.4, -0.2) is 19.7 Å². The average molecular weight is 233 g/mol. The Kier molecular flexibility index (Phi) is 3.72. The molecule has 0 atom stereocenters. The van der Waals surface area contributed by atoms with E-state index in [2.05, 4.69) is 44.3 Å². The molecule has 1 aromatic rings. The molecule has 2 rings (SSSR count). The van der Waals surface area contributed by atoms with E-state index in [4.69, 9.17) is 4.74 Å². The highest BCUT2D eigenvalue weighted by Gasteiger charge is 2.12. The molecular formula is C15H23NO. The van der Waals surface area contributed by atoms with Crippen molar-refractivity contribution < 1.29 is 4.74 Å². The summed E-state index contributed by atoms with van der Waals surface area (Å²) in [6.45, 7) is 9.74. The van der Waals surface area contributed by atoms with Gasteiger partial charge in [-0.05, 0) is 35.6 Å². The summed E-state index contributed by atoms with van der Waals surface area (Å²) < 4.78 is 5.51. The second kappa shape index (κ2) is 5.09. The van der Waals surface area contributed by atoms with Gasteiger partial charge in [0.05, 0.1) is 6.61 Å². The van der Waals surface area contributed by atoms with Crippen LogP contribution in [-0.2, 0) is 12.8 Å². The van der Waals surface area contributed by atoms with Crippen molar-refractivity contribution in [3.63, 3.8) is 0 Å². The van der Waals surface area contributed by atoms with Gasteiger partial charge in [0.1, 0.15) is 5.75 Å². The third-order valence-corrected chi connectivity index (χ3v) is 3.00. The van der Waals surface area contributed by atoms with Crippen LogP contribution in [0.25, 0.3) is 0 Å². The summed E-state index contributed by atoms with van der Waals surface area (Å²) >= 11 is 0. The molecule has 1 aromatic carbocycles. The number of hydrogen-bond donors (Lipinski definition) is 1. The van der Waals surface area contributed by atoms with Gasteiger partial charge in [0.2, 0.25) is 0 Å². The smallest absolute Gasteiger partial charge is 0.122 e.